The maximum absolute atomic E-state index is 9.61. The lowest BCUT2D eigenvalue weighted by atomic mass is 10.1. The Labute approximate surface area is 113 Å². The van der Waals surface area contributed by atoms with Gasteiger partial charge in [0.1, 0.15) is 0 Å². The van der Waals surface area contributed by atoms with Crippen LogP contribution in [0, 0.1) is 0 Å². The summed E-state index contributed by atoms with van der Waals surface area (Å²) in [5.74, 6) is 1.48. The Balaban J connectivity index is 1.85. The van der Waals surface area contributed by atoms with E-state index in [-0.39, 0.29) is 6.04 Å². The molecule has 106 valence electrons. The summed E-state index contributed by atoms with van der Waals surface area (Å²) >= 11 is 0. The van der Waals surface area contributed by atoms with Gasteiger partial charge in [-0.15, -0.1) is 0 Å². The molecule has 2 rings (SSSR count). The summed E-state index contributed by atoms with van der Waals surface area (Å²) in [7, 11) is 3.26. The molecule has 0 bridgehead atoms. The van der Waals surface area contributed by atoms with E-state index in [4.69, 9.17) is 14.2 Å². The van der Waals surface area contributed by atoms with Crippen molar-refractivity contribution in [1.29, 1.82) is 0 Å². The fourth-order valence-corrected chi connectivity index (χ4v) is 2.18. The first-order valence-electron chi connectivity index (χ1n) is 6.44. The smallest absolute Gasteiger partial charge is 0.160 e. The molecule has 0 radical (unpaired) electrons. The van der Waals surface area contributed by atoms with Crippen LogP contribution in [0.2, 0.25) is 0 Å². The lowest BCUT2D eigenvalue weighted by molar-refractivity contribution is 0.122. The molecule has 19 heavy (non-hydrogen) atoms. The van der Waals surface area contributed by atoms with Gasteiger partial charge in [0, 0.05) is 0 Å². The lowest BCUT2D eigenvalue weighted by Crippen LogP contribution is -2.39. The van der Waals surface area contributed by atoms with Crippen LogP contribution in [0.15, 0.2) is 18.2 Å². The molecule has 2 atom stereocenters. The third-order valence-corrected chi connectivity index (χ3v) is 3.32. The molecular weight excluding hydrogens is 246 g/mol. The van der Waals surface area contributed by atoms with E-state index in [0.717, 1.165) is 24.5 Å². The quantitative estimate of drug-likeness (QED) is 0.790. The van der Waals surface area contributed by atoms with Gasteiger partial charge in [-0.2, -0.15) is 0 Å². The average molecular weight is 267 g/mol. The molecule has 1 aromatic carbocycles. The minimum Gasteiger partial charge on any atom is -0.493 e. The van der Waals surface area contributed by atoms with E-state index in [0.29, 0.717) is 13.2 Å². The number of aliphatic hydroxyl groups is 1. The van der Waals surface area contributed by atoms with Gasteiger partial charge in [0.15, 0.2) is 11.5 Å². The molecule has 2 N–H and O–H groups in total. The van der Waals surface area contributed by atoms with Crippen molar-refractivity contribution in [2.45, 2.75) is 18.6 Å². The summed E-state index contributed by atoms with van der Waals surface area (Å²) in [4.78, 5) is 0. The number of aliphatic hydroxyl groups excluding tert-OH is 1. The van der Waals surface area contributed by atoms with Crippen LogP contribution in [-0.4, -0.2) is 51.2 Å². The zero-order chi connectivity index (χ0) is 13.7. The summed E-state index contributed by atoms with van der Waals surface area (Å²) < 4.78 is 15.7. The highest BCUT2D eigenvalue weighted by molar-refractivity contribution is 5.42. The molecule has 1 aliphatic rings. The van der Waals surface area contributed by atoms with Crippen LogP contribution >= 0.6 is 0 Å². The number of nitrogens with one attached hydrogen (secondary N) is 1. The molecule has 1 aromatic rings. The van der Waals surface area contributed by atoms with Crippen molar-refractivity contribution >= 4 is 0 Å². The highest BCUT2D eigenvalue weighted by Gasteiger charge is 2.25. The predicted molar refractivity (Wildman–Crippen MR) is 71.9 cm³/mol. The van der Waals surface area contributed by atoms with Gasteiger partial charge in [-0.1, -0.05) is 6.07 Å². The Morgan fingerprint density at radius 2 is 2.05 bits per heavy atom. The van der Waals surface area contributed by atoms with Crippen molar-refractivity contribution in [3.63, 3.8) is 0 Å². The van der Waals surface area contributed by atoms with Crippen molar-refractivity contribution < 1.29 is 19.3 Å². The monoisotopic (exact) mass is 267 g/mol. The van der Waals surface area contributed by atoms with E-state index < -0.39 is 6.10 Å². The van der Waals surface area contributed by atoms with Gasteiger partial charge < -0.3 is 24.6 Å². The van der Waals surface area contributed by atoms with Crippen LogP contribution < -0.4 is 14.8 Å². The highest BCUT2D eigenvalue weighted by atomic mass is 16.5. The minimum atomic E-state index is -0.398. The van der Waals surface area contributed by atoms with Gasteiger partial charge in [0.05, 0.1) is 39.6 Å². The fraction of sp³-hybridized carbons (Fsp3) is 0.571. The van der Waals surface area contributed by atoms with Crippen molar-refractivity contribution in [3.05, 3.63) is 23.8 Å². The zero-order valence-corrected chi connectivity index (χ0v) is 11.4. The first-order valence-corrected chi connectivity index (χ1v) is 6.44. The van der Waals surface area contributed by atoms with E-state index in [1.54, 1.807) is 14.2 Å². The second kappa shape index (κ2) is 6.75. The number of hydrogen-bond donors (Lipinski definition) is 2. The Hall–Kier alpha value is -1.30. The summed E-state index contributed by atoms with van der Waals surface area (Å²) in [6.45, 7) is 1.79. The van der Waals surface area contributed by atoms with Gasteiger partial charge in [0.2, 0.25) is 0 Å². The molecule has 0 saturated carbocycles. The van der Waals surface area contributed by atoms with Gasteiger partial charge >= 0.3 is 0 Å². The van der Waals surface area contributed by atoms with Crippen LogP contribution in [0.3, 0.4) is 0 Å². The summed E-state index contributed by atoms with van der Waals surface area (Å²) in [5.41, 5.74) is 1.17. The molecule has 1 heterocycles. The van der Waals surface area contributed by atoms with Crippen LogP contribution in [0.4, 0.5) is 0 Å². The first-order chi connectivity index (χ1) is 9.24. The van der Waals surface area contributed by atoms with E-state index in [1.807, 2.05) is 18.2 Å². The molecule has 0 spiro atoms. The van der Waals surface area contributed by atoms with Crippen LogP contribution in [0.25, 0.3) is 0 Å². The minimum absolute atomic E-state index is 0.0418. The van der Waals surface area contributed by atoms with E-state index in [2.05, 4.69) is 5.32 Å². The second-order valence-electron chi connectivity index (χ2n) is 4.60. The molecular formula is C14H21NO4. The maximum Gasteiger partial charge on any atom is 0.160 e. The number of ether oxygens (including phenoxy) is 3. The highest BCUT2D eigenvalue weighted by Crippen LogP contribution is 2.27. The Morgan fingerprint density at radius 1 is 1.26 bits per heavy atom. The van der Waals surface area contributed by atoms with Gasteiger partial charge in [-0.3, -0.25) is 0 Å². The standard InChI is InChI=1S/C14H21NO4/c1-17-13-4-3-10(7-14(13)18-2)5-6-15-11-8-19-9-12(11)16/h3-4,7,11-12,15-16H,5-6,8-9H2,1-2H3. The number of methoxy groups -OCH3 is 2. The average Bonchev–Trinajstić information content (AvgIpc) is 2.84. The van der Waals surface area contributed by atoms with Crippen molar-refractivity contribution in [2.24, 2.45) is 0 Å². The molecule has 0 aromatic heterocycles. The molecule has 2 unspecified atom stereocenters. The third-order valence-electron chi connectivity index (χ3n) is 3.32. The fourth-order valence-electron chi connectivity index (χ4n) is 2.18. The molecule has 0 aliphatic carbocycles. The van der Waals surface area contributed by atoms with Crippen molar-refractivity contribution in [1.82, 2.24) is 5.32 Å². The molecule has 1 saturated heterocycles. The van der Waals surface area contributed by atoms with Crippen molar-refractivity contribution in [2.75, 3.05) is 34.0 Å². The maximum atomic E-state index is 9.61. The number of rotatable bonds is 6. The third kappa shape index (κ3) is 3.59. The van der Waals surface area contributed by atoms with E-state index >= 15 is 0 Å². The molecule has 1 fully saturated rings. The second-order valence-corrected chi connectivity index (χ2v) is 4.60. The lowest BCUT2D eigenvalue weighted by Gasteiger charge is -2.15. The summed E-state index contributed by atoms with van der Waals surface area (Å²) in [6.07, 6.45) is 0.467. The van der Waals surface area contributed by atoms with Gasteiger partial charge in [-0.25, -0.2) is 0 Å². The molecule has 5 heteroatoms. The Morgan fingerprint density at radius 3 is 2.68 bits per heavy atom. The Kier molecular flexibility index (Phi) is 5.01. The van der Waals surface area contributed by atoms with Crippen LogP contribution in [0.1, 0.15) is 5.56 Å². The number of benzene rings is 1. The van der Waals surface area contributed by atoms with E-state index in [1.165, 1.54) is 5.56 Å². The largest absolute Gasteiger partial charge is 0.493 e. The Bertz CT molecular complexity index is 410. The van der Waals surface area contributed by atoms with Gasteiger partial charge in [-0.05, 0) is 30.7 Å². The first kappa shape index (κ1) is 14.1. The molecule has 1 aliphatic heterocycles. The topological polar surface area (TPSA) is 60.0 Å². The molecule has 5 nitrogen and oxygen atoms in total. The van der Waals surface area contributed by atoms with E-state index in [9.17, 15) is 5.11 Å². The van der Waals surface area contributed by atoms with Crippen LogP contribution in [-0.2, 0) is 11.2 Å². The predicted octanol–water partition coefficient (Wildman–Crippen LogP) is 0.596. The molecule has 0 amide bonds. The summed E-state index contributed by atoms with van der Waals surface area (Å²) in [5, 5.41) is 12.9. The normalized spacial score (nSPS) is 22.5. The summed E-state index contributed by atoms with van der Waals surface area (Å²) in [6, 6.07) is 5.94. The van der Waals surface area contributed by atoms with Crippen molar-refractivity contribution in [3.8, 4) is 11.5 Å². The van der Waals surface area contributed by atoms with Gasteiger partial charge in [0.25, 0.3) is 0 Å². The van der Waals surface area contributed by atoms with Crippen LogP contribution in [0.5, 0.6) is 11.5 Å². The SMILES string of the molecule is COc1ccc(CCNC2COCC2O)cc1OC. The zero-order valence-electron chi connectivity index (χ0n) is 11.4. The number of hydrogen-bond acceptors (Lipinski definition) is 5.